The molecule has 4 nitrogen and oxygen atoms in total. The monoisotopic (exact) mass is 145 g/mol. The number of hydrogen-bond acceptors (Lipinski definition) is 3. The maximum atomic E-state index is 10.1. The quantitative estimate of drug-likeness (QED) is 0.245. The van der Waals surface area contributed by atoms with Crippen molar-refractivity contribution in [3.05, 3.63) is 0 Å². The highest BCUT2D eigenvalue weighted by atomic mass is 16.1. The molecule has 0 rings (SSSR count). The SMILES string of the molecule is CC(CN(C)C)N(N)C=O. The van der Waals surface area contributed by atoms with E-state index in [1.807, 2.05) is 25.9 Å². The lowest BCUT2D eigenvalue weighted by atomic mass is 10.3. The third-order valence-corrected chi connectivity index (χ3v) is 1.26. The van der Waals surface area contributed by atoms with Crippen molar-refractivity contribution in [1.82, 2.24) is 9.91 Å². The molecule has 0 bridgehead atoms. The van der Waals surface area contributed by atoms with Crippen LogP contribution in [0.2, 0.25) is 0 Å². The van der Waals surface area contributed by atoms with E-state index >= 15 is 0 Å². The molecular formula is C6H15N3O. The topological polar surface area (TPSA) is 49.6 Å². The van der Waals surface area contributed by atoms with Gasteiger partial charge in [-0.3, -0.25) is 9.80 Å². The highest BCUT2D eigenvalue weighted by Gasteiger charge is 2.07. The fourth-order valence-electron chi connectivity index (χ4n) is 0.727. The van der Waals surface area contributed by atoms with Crippen molar-refractivity contribution >= 4 is 6.41 Å². The lowest BCUT2D eigenvalue weighted by molar-refractivity contribution is -0.120. The molecule has 0 aromatic rings. The van der Waals surface area contributed by atoms with Crippen molar-refractivity contribution in [3.63, 3.8) is 0 Å². The second kappa shape index (κ2) is 4.24. The second-order valence-electron chi connectivity index (χ2n) is 2.66. The number of carbonyl (C=O) groups is 1. The molecule has 0 radical (unpaired) electrons. The Labute approximate surface area is 61.6 Å². The van der Waals surface area contributed by atoms with Crippen molar-refractivity contribution in [2.75, 3.05) is 20.6 Å². The Morgan fingerprint density at radius 2 is 2.10 bits per heavy atom. The van der Waals surface area contributed by atoms with E-state index in [1.54, 1.807) is 0 Å². The first-order valence-corrected chi connectivity index (χ1v) is 3.21. The molecule has 0 saturated carbocycles. The summed E-state index contributed by atoms with van der Waals surface area (Å²) < 4.78 is 0. The van der Waals surface area contributed by atoms with Crippen LogP contribution in [-0.4, -0.2) is 43.0 Å². The molecule has 10 heavy (non-hydrogen) atoms. The van der Waals surface area contributed by atoms with Gasteiger partial charge in [-0.2, -0.15) is 0 Å². The summed E-state index contributed by atoms with van der Waals surface area (Å²) in [6.45, 7) is 2.68. The van der Waals surface area contributed by atoms with Gasteiger partial charge in [-0.1, -0.05) is 0 Å². The van der Waals surface area contributed by atoms with Crippen LogP contribution < -0.4 is 5.84 Å². The summed E-state index contributed by atoms with van der Waals surface area (Å²) in [4.78, 5) is 12.1. The number of carbonyl (C=O) groups excluding carboxylic acids is 1. The zero-order chi connectivity index (χ0) is 8.15. The number of likely N-dealkylation sites (N-methyl/N-ethyl adjacent to an activating group) is 1. The maximum absolute atomic E-state index is 10.1. The normalized spacial score (nSPS) is 13.3. The van der Waals surface area contributed by atoms with Crippen LogP contribution in [0.1, 0.15) is 6.92 Å². The van der Waals surface area contributed by atoms with Crippen LogP contribution in [0.3, 0.4) is 0 Å². The molecule has 60 valence electrons. The standard InChI is InChI=1S/C6H15N3O/c1-6(4-8(2)3)9(7)5-10/h5-6H,4,7H2,1-3H3. The molecule has 0 aromatic carbocycles. The molecule has 0 aromatic heterocycles. The fourth-order valence-corrected chi connectivity index (χ4v) is 0.727. The summed E-state index contributed by atoms with van der Waals surface area (Å²) in [5.74, 6) is 5.30. The highest BCUT2D eigenvalue weighted by Crippen LogP contribution is 1.89. The minimum absolute atomic E-state index is 0.0764. The predicted octanol–water partition coefficient (Wildman–Crippen LogP) is -0.731. The van der Waals surface area contributed by atoms with Crippen LogP contribution in [0, 0.1) is 0 Å². The molecule has 1 unspecified atom stereocenters. The highest BCUT2D eigenvalue weighted by molar-refractivity contribution is 5.46. The molecule has 4 heteroatoms. The minimum Gasteiger partial charge on any atom is -0.307 e. The van der Waals surface area contributed by atoms with Gasteiger partial charge in [0, 0.05) is 6.54 Å². The first-order chi connectivity index (χ1) is 4.57. The maximum Gasteiger partial charge on any atom is 0.223 e. The van der Waals surface area contributed by atoms with E-state index in [1.165, 1.54) is 5.01 Å². The molecule has 0 fully saturated rings. The number of nitrogens with two attached hydrogens (primary N) is 1. The molecule has 0 aliphatic carbocycles. The van der Waals surface area contributed by atoms with E-state index in [0.29, 0.717) is 6.41 Å². The van der Waals surface area contributed by atoms with Crippen molar-refractivity contribution in [1.29, 1.82) is 0 Å². The average Bonchev–Trinajstić information content (AvgIpc) is 1.85. The zero-order valence-corrected chi connectivity index (χ0v) is 6.74. The van der Waals surface area contributed by atoms with Gasteiger partial charge in [0.1, 0.15) is 0 Å². The zero-order valence-electron chi connectivity index (χ0n) is 6.74. The van der Waals surface area contributed by atoms with Gasteiger partial charge in [0.05, 0.1) is 6.04 Å². The number of nitrogens with zero attached hydrogens (tertiary/aromatic N) is 2. The molecule has 1 amide bonds. The van der Waals surface area contributed by atoms with Crippen LogP contribution in [-0.2, 0) is 4.79 Å². The minimum atomic E-state index is 0.0764. The van der Waals surface area contributed by atoms with Crippen molar-refractivity contribution in [2.45, 2.75) is 13.0 Å². The molecule has 0 aliphatic rings. The third kappa shape index (κ3) is 3.42. The number of rotatable bonds is 4. The number of hydrogen-bond donors (Lipinski definition) is 1. The summed E-state index contributed by atoms with van der Waals surface area (Å²) in [5, 5.41) is 1.17. The van der Waals surface area contributed by atoms with Crippen molar-refractivity contribution < 1.29 is 4.79 Å². The van der Waals surface area contributed by atoms with Gasteiger partial charge in [-0.15, -0.1) is 0 Å². The van der Waals surface area contributed by atoms with Gasteiger partial charge < -0.3 is 4.90 Å². The molecule has 0 heterocycles. The summed E-state index contributed by atoms with van der Waals surface area (Å²) >= 11 is 0. The van der Waals surface area contributed by atoms with Gasteiger partial charge in [0.15, 0.2) is 0 Å². The summed E-state index contributed by atoms with van der Waals surface area (Å²) in [6.07, 6.45) is 0.633. The van der Waals surface area contributed by atoms with Crippen LogP contribution in [0.4, 0.5) is 0 Å². The van der Waals surface area contributed by atoms with Crippen LogP contribution in [0.5, 0.6) is 0 Å². The van der Waals surface area contributed by atoms with E-state index in [0.717, 1.165) is 6.54 Å². The van der Waals surface area contributed by atoms with Gasteiger partial charge in [-0.25, -0.2) is 5.84 Å². The van der Waals surface area contributed by atoms with E-state index in [2.05, 4.69) is 0 Å². The van der Waals surface area contributed by atoms with E-state index in [9.17, 15) is 4.79 Å². The Hall–Kier alpha value is -0.610. The molecule has 2 N–H and O–H groups in total. The van der Waals surface area contributed by atoms with E-state index < -0.39 is 0 Å². The van der Waals surface area contributed by atoms with Gasteiger partial charge >= 0.3 is 0 Å². The van der Waals surface area contributed by atoms with Gasteiger partial charge in [-0.05, 0) is 21.0 Å². The second-order valence-corrected chi connectivity index (χ2v) is 2.66. The molecule has 0 aliphatic heterocycles. The Bertz CT molecular complexity index is 105. The Morgan fingerprint density at radius 3 is 2.40 bits per heavy atom. The Balaban J connectivity index is 3.60. The number of hydrazine groups is 1. The Kier molecular flexibility index (Phi) is 3.99. The first-order valence-electron chi connectivity index (χ1n) is 3.21. The third-order valence-electron chi connectivity index (χ3n) is 1.26. The Morgan fingerprint density at radius 1 is 1.60 bits per heavy atom. The van der Waals surface area contributed by atoms with Crippen LogP contribution in [0.25, 0.3) is 0 Å². The first kappa shape index (κ1) is 9.39. The average molecular weight is 145 g/mol. The predicted molar refractivity (Wildman–Crippen MR) is 40.1 cm³/mol. The molecular weight excluding hydrogens is 130 g/mol. The van der Waals surface area contributed by atoms with Gasteiger partial charge in [0.25, 0.3) is 0 Å². The lowest BCUT2D eigenvalue weighted by Gasteiger charge is -2.22. The smallest absolute Gasteiger partial charge is 0.223 e. The fraction of sp³-hybridized carbons (Fsp3) is 0.833. The van der Waals surface area contributed by atoms with E-state index in [-0.39, 0.29) is 6.04 Å². The summed E-state index contributed by atoms with van der Waals surface area (Å²) in [5.41, 5.74) is 0. The van der Waals surface area contributed by atoms with Gasteiger partial charge in [0.2, 0.25) is 6.41 Å². The molecule has 0 saturated heterocycles. The van der Waals surface area contributed by atoms with Crippen LogP contribution in [0.15, 0.2) is 0 Å². The summed E-state index contributed by atoms with van der Waals surface area (Å²) in [6, 6.07) is 0.0764. The van der Waals surface area contributed by atoms with Crippen molar-refractivity contribution in [2.24, 2.45) is 5.84 Å². The van der Waals surface area contributed by atoms with E-state index in [4.69, 9.17) is 5.84 Å². The number of amides is 1. The summed E-state index contributed by atoms with van der Waals surface area (Å²) in [7, 11) is 3.88. The van der Waals surface area contributed by atoms with Crippen molar-refractivity contribution in [3.8, 4) is 0 Å². The largest absolute Gasteiger partial charge is 0.307 e. The lowest BCUT2D eigenvalue weighted by Crippen LogP contribution is -2.43. The molecule has 0 spiro atoms. The van der Waals surface area contributed by atoms with Crippen LogP contribution >= 0.6 is 0 Å². The molecule has 1 atom stereocenters.